The van der Waals surface area contributed by atoms with Crippen molar-refractivity contribution in [1.29, 1.82) is 0 Å². The van der Waals surface area contributed by atoms with E-state index in [1.54, 1.807) is 0 Å². The van der Waals surface area contributed by atoms with E-state index in [0.717, 1.165) is 16.7 Å². The number of hydrogen-bond acceptors (Lipinski definition) is 0. The summed E-state index contributed by atoms with van der Waals surface area (Å²) >= 11 is 0. The van der Waals surface area contributed by atoms with Gasteiger partial charge >= 0.3 is 0 Å². The number of aromatic nitrogens is 3. The summed E-state index contributed by atoms with van der Waals surface area (Å²) in [5, 5.41) is 7.51. The van der Waals surface area contributed by atoms with Gasteiger partial charge in [-0.15, -0.1) is 0 Å². The molecule has 0 unspecified atom stereocenters. The minimum atomic E-state index is 1.14. The van der Waals surface area contributed by atoms with Crippen LogP contribution in [0.1, 0.15) is 0 Å². The van der Waals surface area contributed by atoms with Crippen molar-refractivity contribution in [3.63, 3.8) is 0 Å². The molecule has 238 valence electrons. The minimum absolute atomic E-state index is 1.14. The summed E-state index contributed by atoms with van der Waals surface area (Å²) in [6.45, 7) is 0. The van der Waals surface area contributed by atoms with E-state index in [2.05, 4.69) is 196 Å². The van der Waals surface area contributed by atoms with E-state index >= 15 is 0 Å². The Hall–Kier alpha value is -6.84. The standard InChI is InChI=1S/C48H31N3/c1-2-14-35(15-3-1)50-43-20-7-6-18-38(43)41-30-34(25-27-46(41)50)32-13-10-12-31(28-32)33-24-26-42-40(29-33)39-19-11-23-47(48(39)49-42)51-44-21-8-4-16-36(44)37-17-5-9-22-45(37)51/h1-30,49H. The first-order valence-electron chi connectivity index (χ1n) is 17.5. The number of nitrogens with one attached hydrogen (secondary N) is 1. The number of benzene rings is 8. The van der Waals surface area contributed by atoms with Crippen LogP contribution >= 0.6 is 0 Å². The summed E-state index contributed by atoms with van der Waals surface area (Å²) < 4.78 is 4.77. The van der Waals surface area contributed by atoms with Gasteiger partial charge in [-0.25, -0.2) is 0 Å². The van der Waals surface area contributed by atoms with Gasteiger partial charge in [-0.2, -0.15) is 0 Å². The van der Waals surface area contributed by atoms with Gasteiger partial charge in [0.1, 0.15) is 0 Å². The fraction of sp³-hybridized carbons (Fsp3) is 0. The molecule has 0 aliphatic carbocycles. The Balaban J connectivity index is 1.03. The van der Waals surface area contributed by atoms with Crippen LogP contribution in [0.3, 0.4) is 0 Å². The Morgan fingerprint density at radius 3 is 1.53 bits per heavy atom. The van der Waals surface area contributed by atoms with E-state index < -0.39 is 0 Å². The molecular formula is C48H31N3. The lowest BCUT2D eigenvalue weighted by Crippen LogP contribution is -1.94. The van der Waals surface area contributed by atoms with Gasteiger partial charge in [-0.1, -0.05) is 115 Å². The summed E-state index contributed by atoms with van der Waals surface area (Å²) in [4.78, 5) is 3.80. The molecule has 3 heterocycles. The molecule has 0 atom stereocenters. The predicted octanol–water partition coefficient (Wildman–Crippen LogP) is 12.8. The van der Waals surface area contributed by atoms with Crippen molar-refractivity contribution in [3.05, 3.63) is 182 Å². The zero-order valence-electron chi connectivity index (χ0n) is 27.7. The average molecular weight is 650 g/mol. The number of rotatable bonds is 4. The number of hydrogen-bond donors (Lipinski definition) is 1. The molecule has 11 rings (SSSR count). The van der Waals surface area contributed by atoms with Gasteiger partial charge < -0.3 is 14.1 Å². The fourth-order valence-corrected chi connectivity index (χ4v) is 8.34. The lowest BCUT2D eigenvalue weighted by Gasteiger charge is -2.09. The van der Waals surface area contributed by atoms with Crippen molar-refractivity contribution in [1.82, 2.24) is 14.1 Å². The Kier molecular flexibility index (Phi) is 5.96. The Morgan fingerprint density at radius 1 is 0.314 bits per heavy atom. The number of para-hydroxylation sites is 5. The van der Waals surface area contributed by atoms with E-state index in [9.17, 15) is 0 Å². The molecule has 0 aliphatic rings. The third-order valence-corrected chi connectivity index (χ3v) is 10.6. The SMILES string of the molecule is c1ccc(-n2c3ccccc3c3cc(-c4cccc(-c5ccc6[nH]c7c(-n8c9ccccc9c9ccccc98)cccc7c6c5)c4)ccc32)cc1. The summed E-state index contributed by atoms with van der Waals surface area (Å²) in [5.74, 6) is 0. The molecule has 3 aromatic heterocycles. The lowest BCUT2D eigenvalue weighted by atomic mass is 9.97. The highest BCUT2D eigenvalue weighted by atomic mass is 15.0. The normalized spacial score (nSPS) is 11.9. The third-order valence-electron chi connectivity index (χ3n) is 10.6. The van der Waals surface area contributed by atoms with Crippen molar-refractivity contribution in [2.24, 2.45) is 0 Å². The van der Waals surface area contributed by atoms with Crippen LogP contribution < -0.4 is 0 Å². The van der Waals surface area contributed by atoms with Gasteiger partial charge in [-0.05, 0) is 89.0 Å². The molecule has 3 heteroatoms. The van der Waals surface area contributed by atoms with E-state index in [-0.39, 0.29) is 0 Å². The largest absolute Gasteiger partial charge is 0.353 e. The van der Waals surface area contributed by atoms with Crippen molar-refractivity contribution in [2.45, 2.75) is 0 Å². The first kappa shape index (κ1) is 28.0. The van der Waals surface area contributed by atoms with Crippen molar-refractivity contribution < 1.29 is 0 Å². The maximum atomic E-state index is 3.80. The van der Waals surface area contributed by atoms with Crippen LogP contribution in [-0.2, 0) is 0 Å². The van der Waals surface area contributed by atoms with Crippen LogP contribution in [0.15, 0.2) is 182 Å². The average Bonchev–Trinajstić information content (AvgIpc) is 3.86. The quantitative estimate of drug-likeness (QED) is 0.196. The van der Waals surface area contributed by atoms with Crippen LogP contribution in [0.25, 0.3) is 99.0 Å². The summed E-state index contributed by atoms with van der Waals surface area (Å²) in [7, 11) is 0. The maximum Gasteiger partial charge on any atom is 0.0709 e. The molecule has 0 amide bonds. The number of nitrogens with zero attached hydrogens (tertiary/aromatic N) is 2. The van der Waals surface area contributed by atoms with Gasteiger partial charge in [0, 0.05) is 43.5 Å². The van der Waals surface area contributed by atoms with Gasteiger partial charge in [0.05, 0.1) is 33.3 Å². The second kappa shape index (κ2) is 10.8. The molecule has 0 saturated carbocycles. The van der Waals surface area contributed by atoms with E-state index in [1.165, 1.54) is 82.3 Å². The van der Waals surface area contributed by atoms with Crippen molar-refractivity contribution in [3.8, 4) is 33.6 Å². The third kappa shape index (κ3) is 4.19. The van der Waals surface area contributed by atoms with Gasteiger partial charge in [0.25, 0.3) is 0 Å². The molecule has 0 bridgehead atoms. The lowest BCUT2D eigenvalue weighted by molar-refractivity contribution is 1.18. The highest BCUT2D eigenvalue weighted by molar-refractivity contribution is 6.14. The molecule has 1 N–H and O–H groups in total. The van der Waals surface area contributed by atoms with Crippen LogP contribution in [0.2, 0.25) is 0 Å². The zero-order valence-corrected chi connectivity index (χ0v) is 27.7. The minimum Gasteiger partial charge on any atom is -0.353 e. The molecule has 0 saturated heterocycles. The Bertz CT molecular complexity index is 3080. The highest BCUT2D eigenvalue weighted by Crippen LogP contribution is 2.39. The molecule has 11 aromatic rings. The van der Waals surface area contributed by atoms with Gasteiger partial charge in [0.15, 0.2) is 0 Å². The molecule has 51 heavy (non-hydrogen) atoms. The monoisotopic (exact) mass is 649 g/mol. The van der Waals surface area contributed by atoms with Crippen LogP contribution in [0, 0.1) is 0 Å². The maximum absolute atomic E-state index is 3.80. The zero-order chi connectivity index (χ0) is 33.5. The fourth-order valence-electron chi connectivity index (χ4n) is 8.34. The van der Waals surface area contributed by atoms with Gasteiger partial charge in [0.2, 0.25) is 0 Å². The summed E-state index contributed by atoms with van der Waals surface area (Å²) in [5.41, 5.74) is 14.3. The van der Waals surface area contributed by atoms with Crippen LogP contribution in [0.5, 0.6) is 0 Å². The van der Waals surface area contributed by atoms with E-state index in [4.69, 9.17) is 0 Å². The van der Waals surface area contributed by atoms with Crippen molar-refractivity contribution in [2.75, 3.05) is 0 Å². The molecule has 0 fully saturated rings. The molecule has 3 nitrogen and oxygen atoms in total. The topological polar surface area (TPSA) is 25.6 Å². The van der Waals surface area contributed by atoms with Gasteiger partial charge in [-0.3, -0.25) is 0 Å². The number of H-pyrrole nitrogens is 1. The first-order valence-corrected chi connectivity index (χ1v) is 17.5. The molecular weight excluding hydrogens is 619 g/mol. The Morgan fingerprint density at radius 2 is 0.824 bits per heavy atom. The second-order valence-corrected chi connectivity index (χ2v) is 13.5. The summed E-state index contributed by atoms with van der Waals surface area (Å²) in [6.07, 6.45) is 0. The number of fused-ring (bicyclic) bond motifs is 9. The van der Waals surface area contributed by atoms with Crippen molar-refractivity contribution >= 4 is 65.4 Å². The molecule has 0 radical (unpaired) electrons. The second-order valence-electron chi connectivity index (χ2n) is 13.5. The van der Waals surface area contributed by atoms with Crippen LogP contribution in [0.4, 0.5) is 0 Å². The number of aromatic amines is 1. The first-order chi connectivity index (χ1) is 25.3. The smallest absolute Gasteiger partial charge is 0.0709 e. The van der Waals surface area contributed by atoms with E-state index in [0.29, 0.717) is 0 Å². The van der Waals surface area contributed by atoms with E-state index in [1.807, 2.05) is 0 Å². The molecule has 8 aromatic carbocycles. The summed E-state index contributed by atoms with van der Waals surface area (Å²) in [6, 6.07) is 66.1. The Labute approximate surface area is 294 Å². The highest BCUT2D eigenvalue weighted by Gasteiger charge is 2.17. The van der Waals surface area contributed by atoms with Crippen LogP contribution in [-0.4, -0.2) is 14.1 Å². The molecule has 0 spiro atoms. The predicted molar refractivity (Wildman–Crippen MR) is 215 cm³/mol. The molecule has 0 aliphatic heterocycles.